The minimum Gasteiger partial charge on any atom is -0.396 e. The van der Waals surface area contributed by atoms with Crippen LogP contribution in [0.2, 0.25) is 0 Å². The summed E-state index contributed by atoms with van der Waals surface area (Å²) in [7, 11) is 0. The Morgan fingerprint density at radius 3 is 2.66 bits per heavy atom. The number of anilines is 3. The highest BCUT2D eigenvalue weighted by Crippen LogP contribution is 2.30. The van der Waals surface area contributed by atoms with Gasteiger partial charge in [0.1, 0.15) is 0 Å². The number of carbonyl (C=O) groups is 2. The second-order valence-corrected chi connectivity index (χ2v) is 8.50. The Bertz CT molecular complexity index is 844. The molecule has 1 aliphatic rings. The van der Waals surface area contributed by atoms with E-state index in [2.05, 4.69) is 20.5 Å². The topological polar surface area (TPSA) is 94.6 Å². The van der Waals surface area contributed by atoms with Gasteiger partial charge in [-0.1, -0.05) is 26.0 Å². The minimum absolute atomic E-state index is 0.0887. The maximum absolute atomic E-state index is 12.6. The molecule has 2 amide bonds. The summed E-state index contributed by atoms with van der Waals surface area (Å²) < 4.78 is 0. The number of para-hydroxylation sites is 2. The number of nitrogens with one attached hydrogen (secondary N) is 2. The Hall–Kier alpha value is -2.45. The first-order chi connectivity index (χ1) is 14.0. The molecule has 1 aromatic carbocycles. The summed E-state index contributed by atoms with van der Waals surface area (Å²) in [6.45, 7) is 5.60. The maximum Gasteiger partial charge on any atom is 0.230 e. The Balaban J connectivity index is 1.60. The van der Waals surface area contributed by atoms with Crippen LogP contribution in [0.3, 0.4) is 0 Å². The van der Waals surface area contributed by atoms with E-state index in [1.165, 1.54) is 11.3 Å². The zero-order chi connectivity index (χ0) is 20.8. The molecule has 0 bridgehead atoms. The van der Waals surface area contributed by atoms with Gasteiger partial charge in [-0.05, 0) is 30.9 Å². The molecule has 0 saturated carbocycles. The van der Waals surface area contributed by atoms with Crippen molar-refractivity contribution in [1.29, 1.82) is 0 Å². The van der Waals surface area contributed by atoms with Crippen molar-refractivity contribution in [1.82, 2.24) is 4.98 Å². The number of amides is 2. The fraction of sp³-hybridized carbons (Fsp3) is 0.476. The van der Waals surface area contributed by atoms with Crippen molar-refractivity contribution in [3.05, 3.63) is 35.3 Å². The number of nitrogens with zero attached hydrogens (tertiary/aromatic N) is 2. The fourth-order valence-corrected chi connectivity index (χ4v) is 3.98. The van der Waals surface area contributed by atoms with Crippen LogP contribution in [-0.4, -0.2) is 41.6 Å². The van der Waals surface area contributed by atoms with Gasteiger partial charge >= 0.3 is 0 Å². The van der Waals surface area contributed by atoms with Crippen molar-refractivity contribution in [3.8, 4) is 0 Å². The molecule has 29 heavy (non-hydrogen) atoms. The van der Waals surface area contributed by atoms with Crippen molar-refractivity contribution in [2.45, 2.75) is 33.1 Å². The highest BCUT2D eigenvalue weighted by atomic mass is 32.1. The van der Waals surface area contributed by atoms with Crippen LogP contribution in [0.4, 0.5) is 16.5 Å². The lowest BCUT2D eigenvalue weighted by atomic mass is 9.97. The quantitative estimate of drug-likeness (QED) is 0.645. The summed E-state index contributed by atoms with van der Waals surface area (Å²) >= 11 is 1.32. The number of aromatic nitrogens is 1. The van der Waals surface area contributed by atoms with E-state index >= 15 is 0 Å². The van der Waals surface area contributed by atoms with E-state index < -0.39 is 0 Å². The Labute approximate surface area is 175 Å². The first kappa shape index (κ1) is 21.3. The van der Waals surface area contributed by atoms with E-state index in [1.807, 2.05) is 38.1 Å². The van der Waals surface area contributed by atoms with Crippen LogP contribution in [0, 0.1) is 11.8 Å². The van der Waals surface area contributed by atoms with Gasteiger partial charge in [0, 0.05) is 31.0 Å². The second-order valence-electron chi connectivity index (χ2n) is 7.64. The van der Waals surface area contributed by atoms with Crippen LogP contribution in [0.25, 0.3) is 0 Å². The molecular weight excluding hydrogens is 388 g/mol. The summed E-state index contributed by atoms with van der Waals surface area (Å²) in [5, 5.41) is 17.4. The van der Waals surface area contributed by atoms with E-state index in [4.69, 9.17) is 0 Å². The number of rotatable bonds is 7. The zero-order valence-corrected chi connectivity index (χ0v) is 17.7. The smallest absolute Gasteiger partial charge is 0.230 e. The van der Waals surface area contributed by atoms with Gasteiger partial charge in [0.25, 0.3) is 0 Å². The number of aliphatic hydroxyl groups excluding tert-OH is 1. The molecule has 8 heteroatoms. The average Bonchev–Trinajstić information content (AvgIpc) is 3.15. The highest BCUT2D eigenvalue weighted by molar-refractivity contribution is 7.13. The van der Waals surface area contributed by atoms with Gasteiger partial charge < -0.3 is 20.6 Å². The predicted molar refractivity (Wildman–Crippen MR) is 116 cm³/mol. The molecule has 1 aromatic heterocycles. The van der Waals surface area contributed by atoms with Crippen molar-refractivity contribution >= 4 is 39.7 Å². The number of hydrogen-bond donors (Lipinski definition) is 3. The lowest BCUT2D eigenvalue weighted by molar-refractivity contribution is -0.119. The standard InChI is InChI=1S/C21H28N4O3S/c1-14(2)20(28)24-21-22-16(13-29-21)11-19(27)23-17-5-3-4-6-18(17)25-9-7-15(12-26)8-10-25/h3-6,13-15,26H,7-12H2,1-2H3,(H,23,27)(H,22,24,28). The number of aliphatic hydroxyl groups is 1. The van der Waals surface area contributed by atoms with Crippen LogP contribution in [0.15, 0.2) is 29.6 Å². The molecular formula is C21H28N4O3S. The van der Waals surface area contributed by atoms with E-state index in [-0.39, 0.29) is 30.8 Å². The fourth-order valence-electron chi connectivity index (χ4n) is 3.27. The maximum atomic E-state index is 12.6. The number of benzene rings is 1. The molecule has 3 N–H and O–H groups in total. The molecule has 1 saturated heterocycles. The molecule has 0 aliphatic carbocycles. The first-order valence-corrected chi connectivity index (χ1v) is 10.8. The molecule has 156 valence electrons. The minimum atomic E-state index is -0.144. The Kier molecular flexibility index (Phi) is 7.22. The highest BCUT2D eigenvalue weighted by Gasteiger charge is 2.21. The number of thiazole rings is 1. The largest absolute Gasteiger partial charge is 0.396 e. The number of carbonyl (C=O) groups excluding carboxylic acids is 2. The van der Waals surface area contributed by atoms with Gasteiger partial charge in [-0.15, -0.1) is 11.3 Å². The van der Waals surface area contributed by atoms with Gasteiger partial charge in [0.2, 0.25) is 11.8 Å². The molecule has 0 atom stereocenters. The summed E-state index contributed by atoms with van der Waals surface area (Å²) in [5.74, 6) is 0.0108. The SMILES string of the molecule is CC(C)C(=O)Nc1nc(CC(=O)Nc2ccccc2N2CCC(CO)CC2)cs1. The van der Waals surface area contributed by atoms with Gasteiger partial charge in [-0.25, -0.2) is 4.98 Å². The van der Waals surface area contributed by atoms with E-state index in [0.29, 0.717) is 16.7 Å². The molecule has 1 fully saturated rings. The van der Waals surface area contributed by atoms with E-state index in [9.17, 15) is 14.7 Å². The lowest BCUT2D eigenvalue weighted by Crippen LogP contribution is -2.35. The third-order valence-corrected chi connectivity index (χ3v) is 5.85. The number of hydrogen-bond acceptors (Lipinski definition) is 6. The summed E-state index contributed by atoms with van der Waals surface area (Å²) in [4.78, 5) is 30.9. The summed E-state index contributed by atoms with van der Waals surface area (Å²) in [6.07, 6.45) is 2.04. The lowest BCUT2D eigenvalue weighted by Gasteiger charge is -2.34. The predicted octanol–water partition coefficient (Wildman–Crippen LogP) is 3.13. The van der Waals surface area contributed by atoms with Gasteiger partial charge in [-0.2, -0.15) is 0 Å². The van der Waals surface area contributed by atoms with Crippen molar-refractivity contribution < 1.29 is 14.7 Å². The molecule has 0 unspecified atom stereocenters. The molecule has 2 aromatic rings. The normalized spacial score (nSPS) is 14.8. The van der Waals surface area contributed by atoms with E-state index in [1.54, 1.807) is 5.38 Å². The van der Waals surface area contributed by atoms with Crippen LogP contribution in [-0.2, 0) is 16.0 Å². The molecule has 3 rings (SSSR count). The molecule has 1 aliphatic heterocycles. The van der Waals surface area contributed by atoms with Crippen LogP contribution >= 0.6 is 11.3 Å². The van der Waals surface area contributed by atoms with E-state index in [0.717, 1.165) is 37.3 Å². The van der Waals surface area contributed by atoms with Gasteiger partial charge in [0.15, 0.2) is 5.13 Å². The third-order valence-electron chi connectivity index (χ3n) is 5.04. The monoisotopic (exact) mass is 416 g/mol. The zero-order valence-electron chi connectivity index (χ0n) is 16.9. The summed E-state index contributed by atoms with van der Waals surface area (Å²) in [6, 6.07) is 7.78. The van der Waals surface area contributed by atoms with Crippen molar-refractivity contribution in [3.63, 3.8) is 0 Å². The van der Waals surface area contributed by atoms with Crippen LogP contribution in [0.5, 0.6) is 0 Å². The van der Waals surface area contributed by atoms with Crippen molar-refractivity contribution in [2.24, 2.45) is 11.8 Å². The molecule has 7 nitrogen and oxygen atoms in total. The van der Waals surface area contributed by atoms with Gasteiger partial charge in [-0.3, -0.25) is 9.59 Å². The number of piperidine rings is 1. The summed E-state index contributed by atoms with van der Waals surface area (Å²) in [5.41, 5.74) is 2.41. The van der Waals surface area contributed by atoms with Gasteiger partial charge in [0.05, 0.1) is 23.5 Å². The Morgan fingerprint density at radius 2 is 1.97 bits per heavy atom. The molecule has 0 radical (unpaired) electrons. The van der Waals surface area contributed by atoms with Crippen molar-refractivity contribution in [2.75, 3.05) is 35.2 Å². The second kappa shape index (κ2) is 9.84. The molecule has 0 spiro atoms. The first-order valence-electron chi connectivity index (χ1n) is 9.96. The average molecular weight is 417 g/mol. The molecule has 2 heterocycles. The van der Waals surface area contributed by atoms with Crippen LogP contribution < -0.4 is 15.5 Å². The third kappa shape index (κ3) is 5.77. The van der Waals surface area contributed by atoms with Crippen LogP contribution in [0.1, 0.15) is 32.4 Å². The Morgan fingerprint density at radius 1 is 1.24 bits per heavy atom.